The highest BCUT2D eigenvalue weighted by atomic mass is 16.5. The van der Waals surface area contributed by atoms with E-state index in [9.17, 15) is 0 Å². The van der Waals surface area contributed by atoms with Gasteiger partial charge in [-0.3, -0.25) is 9.88 Å². The fourth-order valence-electron chi connectivity index (χ4n) is 2.98. The zero-order chi connectivity index (χ0) is 15.7. The molecule has 1 fully saturated rings. The van der Waals surface area contributed by atoms with Gasteiger partial charge in [-0.2, -0.15) is 0 Å². The molecule has 1 aromatic heterocycles. The van der Waals surface area contributed by atoms with Crippen LogP contribution >= 0.6 is 0 Å². The number of ether oxygens (including phenoxy) is 1. The van der Waals surface area contributed by atoms with Gasteiger partial charge in [-0.15, -0.1) is 0 Å². The third kappa shape index (κ3) is 5.43. The third-order valence-corrected chi connectivity index (χ3v) is 4.17. The summed E-state index contributed by atoms with van der Waals surface area (Å²) in [5, 5.41) is 3.53. The second kappa shape index (κ2) is 8.77. The number of nitrogens with zero attached hydrogens (tertiary/aromatic N) is 2. The fraction of sp³-hybridized carbons (Fsp3) is 0.421. The summed E-state index contributed by atoms with van der Waals surface area (Å²) in [6.45, 7) is 6.71. The van der Waals surface area contributed by atoms with Crippen molar-refractivity contribution >= 4 is 0 Å². The van der Waals surface area contributed by atoms with Crippen LogP contribution in [0.15, 0.2) is 54.9 Å². The van der Waals surface area contributed by atoms with Crippen molar-refractivity contribution in [2.45, 2.75) is 13.2 Å². The fourth-order valence-corrected chi connectivity index (χ4v) is 2.98. The quantitative estimate of drug-likeness (QED) is 0.888. The van der Waals surface area contributed by atoms with Crippen LogP contribution in [0.3, 0.4) is 0 Å². The molecular formula is C19H25N3O. The molecule has 0 amide bonds. The Kier molecular flexibility index (Phi) is 6.15. The number of hydrogen-bond acceptors (Lipinski definition) is 4. The van der Waals surface area contributed by atoms with Gasteiger partial charge in [0.15, 0.2) is 0 Å². The minimum Gasteiger partial charge on any atom is -0.376 e. The maximum Gasteiger partial charge on any atom is 0.0717 e. The van der Waals surface area contributed by atoms with E-state index in [0.29, 0.717) is 12.5 Å². The van der Waals surface area contributed by atoms with Gasteiger partial charge in [0, 0.05) is 51.0 Å². The Morgan fingerprint density at radius 1 is 1.09 bits per heavy atom. The monoisotopic (exact) mass is 311 g/mol. The lowest BCUT2D eigenvalue weighted by Crippen LogP contribution is -2.31. The van der Waals surface area contributed by atoms with E-state index < -0.39 is 0 Å². The van der Waals surface area contributed by atoms with Crippen molar-refractivity contribution in [3.05, 3.63) is 66.0 Å². The number of pyridine rings is 1. The van der Waals surface area contributed by atoms with Crippen molar-refractivity contribution in [3.63, 3.8) is 0 Å². The summed E-state index contributed by atoms with van der Waals surface area (Å²) in [5.41, 5.74) is 2.56. The SMILES string of the molecule is c1ccc(COC[C@H]2CNCCN(Cc3ccncc3)C2)cc1. The van der Waals surface area contributed by atoms with Crippen LogP contribution in [-0.2, 0) is 17.9 Å². The lowest BCUT2D eigenvalue weighted by Gasteiger charge is -2.23. The zero-order valence-corrected chi connectivity index (χ0v) is 13.5. The summed E-state index contributed by atoms with van der Waals surface area (Å²) < 4.78 is 5.94. The molecule has 1 aliphatic rings. The van der Waals surface area contributed by atoms with Gasteiger partial charge >= 0.3 is 0 Å². The standard InChI is InChI=1S/C19H25N3O/c1-2-4-18(5-3-1)15-23-16-19-12-21-10-11-22(14-19)13-17-6-8-20-9-7-17/h1-9,19,21H,10-16H2/t19-/m0/s1. The Balaban J connectivity index is 1.47. The van der Waals surface area contributed by atoms with Crippen molar-refractivity contribution < 1.29 is 4.74 Å². The largest absolute Gasteiger partial charge is 0.376 e. The van der Waals surface area contributed by atoms with Gasteiger partial charge in [0.1, 0.15) is 0 Å². The van der Waals surface area contributed by atoms with Crippen molar-refractivity contribution in [1.29, 1.82) is 0 Å². The highest BCUT2D eigenvalue weighted by Crippen LogP contribution is 2.10. The average molecular weight is 311 g/mol. The predicted molar refractivity (Wildman–Crippen MR) is 92.0 cm³/mol. The molecule has 0 spiro atoms. The zero-order valence-electron chi connectivity index (χ0n) is 13.5. The van der Waals surface area contributed by atoms with E-state index in [4.69, 9.17) is 4.74 Å². The number of rotatable bonds is 6. The number of aromatic nitrogens is 1. The first-order chi connectivity index (χ1) is 11.4. The summed E-state index contributed by atoms with van der Waals surface area (Å²) in [7, 11) is 0. The Hall–Kier alpha value is -1.75. The Labute approximate surface area is 138 Å². The Morgan fingerprint density at radius 3 is 2.74 bits per heavy atom. The van der Waals surface area contributed by atoms with Crippen molar-refractivity contribution in [2.24, 2.45) is 5.92 Å². The number of nitrogens with one attached hydrogen (secondary N) is 1. The van der Waals surface area contributed by atoms with Crippen LogP contribution in [0.5, 0.6) is 0 Å². The smallest absolute Gasteiger partial charge is 0.0717 e. The number of hydrogen-bond donors (Lipinski definition) is 1. The molecule has 0 radical (unpaired) electrons. The van der Waals surface area contributed by atoms with Crippen molar-refractivity contribution in [1.82, 2.24) is 15.2 Å². The second-order valence-corrected chi connectivity index (χ2v) is 6.16. The molecular weight excluding hydrogens is 286 g/mol. The highest BCUT2D eigenvalue weighted by Gasteiger charge is 2.18. The molecule has 2 aromatic rings. The minimum atomic E-state index is 0.531. The molecule has 122 valence electrons. The molecule has 0 bridgehead atoms. The summed E-state index contributed by atoms with van der Waals surface area (Å²) >= 11 is 0. The summed E-state index contributed by atoms with van der Waals surface area (Å²) in [6.07, 6.45) is 3.73. The minimum absolute atomic E-state index is 0.531. The van der Waals surface area contributed by atoms with Crippen LogP contribution in [-0.4, -0.2) is 42.7 Å². The molecule has 3 rings (SSSR count). The molecule has 1 saturated heterocycles. The summed E-state index contributed by atoms with van der Waals surface area (Å²) in [5.74, 6) is 0.531. The lowest BCUT2D eigenvalue weighted by molar-refractivity contribution is 0.0757. The molecule has 4 heteroatoms. The van der Waals surface area contributed by atoms with Crippen LogP contribution in [0.1, 0.15) is 11.1 Å². The normalized spacial score (nSPS) is 19.4. The van der Waals surface area contributed by atoms with Gasteiger partial charge in [0.25, 0.3) is 0 Å². The van der Waals surface area contributed by atoms with Gasteiger partial charge in [-0.05, 0) is 23.3 Å². The molecule has 1 aromatic carbocycles. The molecule has 0 aliphatic carbocycles. The first-order valence-electron chi connectivity index (χ1n) is 8.34. The maximum atomic E-state index is 5.94. The van der Waals surface area contributed by atoms with E-state index in [1.54, 1.807) is 0 Å². The Bertz CT molecular complexity index is 561. The van der Waals surface area contributed by atoms with Gasteiger partial charge in [-0.1, -0.05) is 30.3 Å². The van der Waals surface area contributed by atoms with Crippen molar-refractivity contribution in [2.75, 3.05) is 32.8 Å². The van der Waals surface area contributed by atoms with Gasteiger partial charge in [0.2, 0.25) is 0 Å². The molecule has 1 atom stereocenters. The molecule has 0 saturated carbocycles. The van der Waals surface area contributed by atoms with Gasteiger partial charge < -0.3 is 10.1 Å². The van der Waals surface area contributed by atoms with Gasteiger partial charge in [-0.25, -0.2) is 0 Å². The average Bonchev–Trinajstić information content (AvgIpc) is 2.82. The summed E-state index contributed by atoms with van der Waals surface area (Å²) in [4.78, 5) is 6.60. The molecule has 1 N–H and O–H groups in total. The van der Waals surface area contributed by atoms with E-state index in [1.165, 1.54) is 11.1 Å². The first kappa shape index (κ1) is 16.1. The molecule has 23 heavy (non-hydrogen) atoms. The number of benzene rings is 1. The first-order valence-corrected chi connectivity index (χ1v) is 8.34. The lowest BCUT2D eigenvalue weighted by atomic mass is 10.1. The molecule has 0 unspecified atom stereocenters. The topological polar surface area (TPSA) is 37.4 Å². The van der Waals surface area contributed by atoms with Crippen LogP contribution in [0, 0.1) is 5.92 Å². The van der Waals surface area contributed by atoms with Crippen molar-refractivity contribution in [3.8, 4) is 0 Å². The summed E-state index contributed by atoms with van der Waals surface area (Å²) in [6, 6.07) is 14.6. The highest BCUT2D eigenvalue weighted by molar-refractivity contribution is 5.13. The second-order valence-electron chi connectivity index (χ2n) is 6.16. The maximum absolute atomic E-state index is 5.94. The van der Waals surface area contributed by atoms with Crippen LogP contribution in [0.4, 0.5) is 0 Å². The Morgan fingerprint density at radius 2 is 1.91 bits per heavy atom. The molecule has 4 nitrogen and oxygen atoms in total. The van der Waals surface area contributed by atoms with E-state index in [-0.39, 0.29) is 0 Å². The van der Waals surface area contributed by atoms with E-state index in [1.807, 2.05) is 18.5 Å². The van der Waals surface area contributed by atoms with E-state index >= 15 is 0 Å². The van der Waals surface area contributed by atoms with Crippen LogP contribution < -0.4 is 5.32 Å². The van der Waals surface area contributed by atoms with Crippen LogP contribution in [0.25, 0.3) is 0 Å². The molecule has 2 heterocycles. The van der Waals surface area contributed by atoms with E-state index in [2.05, 4.69) is 51.6 Å². The molecule has 1 aliphatic heterocycles. The van der Waals surface area contributed by atoms with Gasteiger partial charge in [0.05, 0.1) is 13.2 Å². The predicted octanol–water partition coefficient (Wildman–Crippen LogP) is 2.32. The van der Waals surface area contributed by atoms with E-state index in [0.717, 1.165) is 39.3 Å². The third-order valence-electron chi connectivity index (χ3n) is 4.17. The van der Waals surface area contributed by atoms with Crippen LogP contribution in [0.2, 0.25) is 0 Å².